The van der Waals surface area contributed by atoms with Crippen molar-refractivity contribution in [3.63, 3.8) is 0 Å². The van der Waals surface area contributed by atoms with Crippen LogP contribution >= 0.6 is 12.4 Å². The average Bonchev–Trinajstić information content (AvgIpc) is 2.72. The lowest BCUT2D eigenvalue weighted by Gasteiger charge is -2.40. The fourth-order valence-corrected chi connectivity index (χ4v) is 4.73. The maximum Gasteiger partial charge on any atom is 0.300 e. The Kier molecular flexibility index (Phi) is 7.14. The largest absolute Gasteiger partial charge is 0.481 e. The highest BCUT2D eigenvalue weighted by Crippen LogP contribution is 2.38. The fourth-order valence-electron chi connectivity index (χ4n) is 4.73. The summed E-state index contributed by atoms with van der Waals surface area (Å²) in [5.74, 6) is -0.833. The van der Waals surface area contributed by atoms with Crippen LogP contribution in [0.3, 0.4) is 0 Å². The number of hydrogen-bond acceptors (Lipinski definition) is 3. The zero-order chi connectivity index (χ0) is 20.4. The SMILES string of the molecule is CC(=O)O.Cl.OC1CC(N2CCc3ccccc3C2)Cc2ccc3ccccc3c21. The minimum Gasteiger partial charge on any atom is -0.481 e. The van der Waals surface area contributed by atoms with Gasteiger partial charge < -0.3 is 10.2 Å². The number of aliphatic hydroxyl groups excluding tert-OH is 1. The summed E-state index contributed by atoms with van der Waals surface area (Å²) in [6, 6.07) is 22.1. The Morgan fingerprint density at radius 1 is 0.967 bits per heavy atom. The molecule has 2 atom stereocenters. The monoisotopic (exact) mass is 425 g/mol. The molecule has 0 fully saturated rings. The van der Waals surface area contributed by atoms with Gasteiger partial charge in [-0.15, -0.1) is 12.4 Å². The number of rotatable bonds is 1. The number of benzene rings is 3. The molecule has 1 heterocycles. The molecule has 1 aliphatic carbocycles. The van der Waals surface area contributed by atoms with Gasteiger partial charge in [0.05, 0.1) is 6.10 Å². The Hall–Kier alpha value is -2.40. The topological polar surface area (TPSA) is 60.8 Å². The van der Waals surface area contributed by atoms with Gasteiger partial charge in [0.2, 0.25) is 0 Å². The van der Waals surface area contributed by atoms with Gasteiger partial charge >= 0.3 is 0 Å². The van der Waals surface area contributed by atoms with Crippen molar-refractivity contribution < 1.29 is 15.0 Å². The number of halogens is 1. The van der Waals surface area contributed by atoms with Crippen molar-refractivity contribution in [2.75, 3.05) is 6.54 Å². The van der Waals surface area contributed by atoms with Crippen LogP contribution in [0.2, 0.25) is 0 Å². The zero-order valence-corrected chi connectivity index (χ0v) is 17.9. The molecule has 0 bridgehead atoms. The normalized spacial score (nSPS) is 20.2. The van der Waals surface area contributed by atoms with Crippen LogP contribution in [0.25, 0.3) is 10.8 Å². The molecule has 3 aromatic carbocycles. The Morgan fingerprint density at radius 2 is 1.63 bits per heavy atom. The first-order valence-corrected chi connectivity index (χ1v) is 10.2. The van der Waals surface area contributed by atoms with Gasteiger partial charge in [-0.3, -0.25) is 9.69 Å². The molecule has 0 saturated heterocycles. The molecule has 2 N–H and O–H groups in total. The standard InChI is InChI=1S/C23H23NO.C2H4O2.ClH/c25-22-14-20(24-12-11-16-5-1-2-7-19(16)15-24)13-18-10-9-17-6-3-4-8-21(17)23(18)22;1-2(3)4;/h1-10,20,22,25H,11-15H2;1H3,(H,3,4);1H. The number of carboxylic acid groups (broad SMARTS) is 1. The average molecular weight is 426 g/mol. The number of nitrogens with zero attached hydrogens (tertiary/aromatic N) is 1. The second-order valence-electron chi connectivity index (χ2n) is 7.98. The molecular formula is C25H28ClNO3. The quantitative estimate of drug-likeness (QED) is 0.590. The van der Waals surface area contributed by atoms with Crippen LogP contribution in [-0.4, -0.2) is 33.7 Å². The van der Waals surface area contributed by atoms with E-state index in [4.69, 9.17) is 9.90 Å². The zero-order valence-electron chi connectivity index (χ0n) is 17.1. The van der Waals surface area contributed by atoms with E-state index in [0.29, 0.717) is 6.04 Å². The first-order valence-electron chi connectivity index (χ1n) is 10.2. The van der Waals surface area contributed by atoms with Gasteiger partial charge in [-0.05, 0) is 52.3 Å². The van der Waals surface area contributed by atoms with Gasteiger partial charge in [-0.25, -0.2) is 0 Å². The maximum absolute atomic E-state index is 10.9. The fraction of sp³-hybridized carbons (Fsp3) is 0.320. The van der Waals surface area contributed by atoms with E-state index in [-0.39, 0.29) is 18.5 Å². The molecule has 30 heavy (non-hydrogen) atoms. The molecule has 5 heteroatoms. The molecule has 1 aliphatic heterocycles. The second kappa shape index (κ2) is 9.61. The van der Waals surface area contributed by atoms with Gasteiger partial charge in [0.1, 0.15) is 0 Å². The third-order valence-electron chi connectivity index (χ3n) is 6.02. The highest BCUT2D eigenvalue weighted by Gasteiger charge is 2.32. The van der Waals surface area contributed by atoms with Crippen LogP contribution in [0.5, 0.6) is 0 Å². The predicted molar refractivity (Wildman–Crippen MR) is 122 cm³/mol. The van der Waals surface area contributed by atoms with Crippen molar-refractivity contribution in [1.29, 1.82) is 0 Å². The van der Waals surface area contributed by atoms with Gasteiger partial charge in [-0.1, -0.05) is 60.7 Å². The van der Waals surface area contributed by atoms with Crippen molar-refractivity contribution in [2.45, 2.75) is 44.9 Å². The van der Waals surface area contributed by atoms with E-state index < -0.39 is 5.97 Å². The Morgan fingerprint density at radius 3 is 2.40 bits per heavy atom. The lowest BCUT2D eigenvalue weighted by molar-refractivity contribution is -0.134. The van der Waals surface area contributed by atoms with E-state index in [1.54, 1.807) is 0 Å². The van der Waals surface area contributed by atoms with Crippen LogP contribution in [0.15, 0.2) is 60.7 Å². The molecule has 2 aliphatic rings. The molecule has 3 aromatic rings. The van der Waals surface area contributed by atoms with Crippen molar-refractivity contribution >= 4 is 29.1 Å². The molecule has 0 radical (unpaired) electrons. The van der Waals surface area contributed by atoms with Crippen LogP contribution in [0.1, 0.15) is 41.7 Å². The van der Waals surface area contributed by atoms with Crippen LogP contribution in [-0.2, 0) is 24.2 Å². The van der Waals surface area contributed by atoms with Crippen LogP contribution < -0.4 is 0 Å². The maximum atomic E-state index is 10.9. The van der Waals surface area contributed by atoms with E-state index in [1.165, 1.54) is 27.5 Å². The highest BCUT2D eigenvalue weighted by atomic mass is 35.5. The second-order valence-corrected chi connectivity index (χ2v) is 7.98. The molecule has 4 nitrogen and oxygen atoms in total. The molecule has 2 unspecified atom stereocenters. The Bertz CT molecular complexity index is 1030. The minimum absolute atomic E-state index is 0. The molecule has 0 saturated carbocycles. The number of fused-ring (bicyclic) bond motifs is 4. The highest BCUT2D eigenvalue weighted by molar-refractivity contribution is 5.87. The van der Waals surface area contributed by atoms with Gasteiger partial charge in [-0.2, -0.15) is 0 Å². The number of aliphatic carboxylic acids is 1. The number of carbonyl (C=O) groups is 1. The van der Waals surface area contributed by atoms with E-state index >= 15 is 0 Å². The van der Waals surface area contributed by atoms with Gasteiger partial charge in [0.15, 0.2) is 0 Å². The summed E-state index contributed by atoms with van der Waals surface area (Å²) in [7, 11) is 0. The van der Waals surface area contributed by atoms with Crippen molar-refractivity contribution in [2.24, 2.45) is 0 Å². The van der Waals surface area contributed by atoms with Crippen molar-refractivity contribution in [3.8, 4) is 0 Å². The third-order valence-corrected chi connectivity index (χ3v) is 6.02. The summed E-state index contributed by atoms with van der Waals surface area (Å²) in [5, 5.41) is 20.8. The minimum atomic E-state index is -0.833. The summed E-state index contributed by atoms with van der Waals surface area (Å²) in [6.07, 6.45) is 2.63. The third kappa shape index (κ3) is 4.67. The van der Waals surface area contributed by atoms with Crippen LogP contribution in [0.4, 0.5) is 0 Å². The van der Waals surface area contributed by atoms with Crippen LogP contribution in [0, 0.1) is 0 Å². The number of aliphatic hydroxyl groups is 1. The molecule has 158 valence electrons. The Labute approximate surface area is 183 Å². The molecular weight excluding hydrogens is 398 g/mol. The lowest BCUT2D eigenvalue weighted by atomic mass is 9.82. The Balaban J connectivity index is 0.000000473. The summed E-state index contributed by atoms with van der Waals surface area (Å²) in [5.41, 5.74) is 5.42. The first kappa shape index (κ1) is 22.3. The molecule has 0 amide bonds. The molecule has 0 spiro atoms. The summed E-state index contributed by atoms with van der Waals surface area (Å²) in [4.78, 5) is 11.6. The number of hydrogen-bond donors (Lipinski definition) is 2. The predicted octanol–water partition coefficient (Wildman–Crippen LogP) is 4.76. The van der Waals surface area contributed by atoms with Crippen molar-refractivity contribution in [3.05, 3.63) is 82.9 Å². The van der Waals surface area contributed by atoms with E-state index in [1.807, 2.05) is 0 Å². The van der Waals surface area contributed by atoms with E-state index in [0.717, 1.165) is 44.8 Å². The van der Waals surface area contributed by atoms with Gasteiger partial charge in [0, 0.05) is 26.1 Å². The summed E-state index contributed by atoms with van der Waals surface area (Å²) >= 11 is 0. The molecule has 5 rings (SSSR count). The first-order chi connectivity index (χ1) is 14.0. The lowest BCUT2D eigenvalue weighted by Crippen LogP contribution is -2.43. The van der Waals surface area contributed by atoms with E-state index in [2.05, 4.69) is 65.6 Å². The number of carboxylic acids is 1. The molecule has 0 aromatic heterocycles. The summed E-state index contributed by atoms with van der Waals surface area (Å²) < 4.78 is 0. The smallest absolute Gasteiger partial charge is 0.300 e. The summed E-state index contributed by atoms with van der Waals surface area (Å²) in [6.45, 7) is 3.19. The van der Waals surface area contributed by atoms with Gasteiger partial charge in [0.25, 0.3) is 5.97 Å². The van der Waals surface area contributed by atoms with E-state index in [9.17, 15) is 5.11 Å². The van der Waals surface area contributed by atoms with Crippen molar-refractivity contribution in [1.82, 2.24) is 4.90 Å².